The van der Waals surface area contributed by atoms with E-state index in [1.165, 1.54) is 33.4 Å². The van der Waals surface area contributed by atoms with Crippen molar-refractivity contribution in [2.45, 2.75) is 99.8 Å². The number of aromatic nitrogens is 4. The maximum atomic E-state index is 6.75. The van der Waals surface area contributed by atoms with E-state index in [1.54, 1.807) is 0 Å². The van der Waals surface area contributed by atoms with Crippen LogP contribution in [0.2, 0.25) is 0 Å². The molecule has 53 heavy (non-hydrogen) atoms. The van der Waals surface area contributed by atoms with Gasteiger partial charge >= 0.3 is 20.4 Å². The smallest absolute Gasteiger partial charge is 0.509 e. The molecule has 5 nitrogen and oxygen atoms in total. The van der Waals surface area contributed by atoms with Crippen molar-refractivity contribution in [1.82, 2.24) is 19.3 Å². The minimum atomic E-state index is -0.208. The molecular formula is C47H50N4OPd. The summed E-state index contributed by atoms with van der Waals surface area (Å²) in [5, 5.41) is 7.49. The number of rotatable bonds is 6. The van der Waals surface area contributed by atoms with Gasteiger partial charge in [0.1, 0.15) is 5.82 Å². The summed E-state index contributed by atoms with van der Waals surface area (Å²) in [6.45, 7) is 26.6. The Labute approximate surface area is 329 Å². The third-order valence-corrected chi connectivity index (χ3v) is 10.1. The zero-order chi connectivity index (χ0) is 37.3. The Morgan fingerprint density at radius 2 is 1.42 bits per heavy atom. The van der Waals surface area contributed by atoms with E-state index in [9.17, 15) is 0 Å². The summed E-state index contributed by atoms with van der Waals surface area (Å²) >= 11 is 0. The molecular weight excluding hydrogens is 743 g/mol. The number of pyridine rings is 1. The molecule has 0 unspecified atom stereocenters. The van der Waals surface area contributed by atoms with Crippen LogP contribution in [-0.2, 0) is 31.3 Å². The molecule has 0 fully saturated rings. The van der Waals surface area contributed by atoms with Gasteiger partial charge in [-0.3, -0.25) is 4.68 Å². The van der Waals surface area contributed by atoms with E-state index < -0.39 is 0 Å². The summed E-state index contributed by atoms with van der Waals surface area (Å²) in [6.07, 6.45) is 1.90. The Balaban J connectivity index is 0.00000481. The number of fused-ring (bicyclic) bond motifs is 3. The first-order valence-electron chi connectivity index (χ1n) is 18.4. The summed E-state index contributed by atoms with van der Waals surface area (Å²) in [4.78, 5) is 4.82. The van der Waals surface area contributed by atoms with Crippen LogP contribution in [-0.4, -0.2) is 19.3 Å². The maximum absolute atomic E-state index is 6.75. The van der Waals surface area contributed by atoms with Crippen LogP contribution in [0.15, 0.2) is 79.0 Å². The Kier molecular flexibility index (Phi) is 10.1. The summed E-state index contributed by atoms with van der Waals surface area (Å²) in [6, 6.07) is 33.0. The third kappa shape index (κ3) is 7.12. The Morgan fingerprint density at radius 3 is 2.08 bits per heavy atom. The molecule has 0 amide bonds. The van der Waals surface area contributed by atoms with Crippen LogP contribution in [0.1, 0.15) is 101 Å². The molecule has 0 N–H and O–H groups in total. The quantitative estimate of drug-likeness (QED) is 0.124. The van der Waals surface area contributed by atoms with E-state index in [1.807, 2.05) is 12.3 Å². The zero-order valence-electron chi connectivity index (χ0n) is 33.1. The molecule has 3 heterocycles. The topological polar surface area (TPSA) is 44.9 Å². The number of nitrogens with zero attached hydrogens (tertiary/aromatic N) is 4. The normalized spacial score (nSPS) is 12.2. The Bertz CT molecular complexity index is 2460. The molecule has 0 atom stereocenters. The van der Waals surface area contributed by atoms with Gasteiger partial charge in [-0.05, 0) is 90.6 Å². The van der Waals surface area contributed by atoms with Crippen molar-refractivity contribution in [3.05, 3.63) is 130 Å². The molecule has 0 aliphatic carbocycles. The van der Waals surface area contributed by atoms with Crippen molar-refractivity contribution in [3.8, 4) is 34.1 Å². The van der Waals surface area contributed by atoms with Gasteiger partial charge in [0, 0.05) is 34.2 Å². The van der Waals surface area contributed by atoms with E-state index in [-0.39, 0.29) is 31.3 Å². The summed E-state index contributed by atoms with van der Waals surface area (Å²) in [5.74, 6) is 2.49. The van der Waals surface area contributed by atoms with Gasteiger partial charge in [-0.25, -0.2) is 4.98 Å². The molecule has 0 aliphatic rings. The minimum Gasteiger partial charge on any atom is -0.509 e. The monoisotopic (exact) mass is 792 g/mol. The van der Waals surface area contributed by atoms with Crippen molar-refractivity contribution in [2.24, 2.45) is 0 Å². The van der Waals surface area contributed by atoms with Crippen molar-refractivity contribution in [3.63, 3.8) is 0 Å². The number of hydrogen-bond acceptors (Lipinski definition) is 3. The summed E-state index contributed by atoms with van der Waals surface area (Å²) in [5.41, 5.74) is 13.3. The number of aryl methyl sites for hydroxylation is 4. The van der Waals surface area contributed by atoms with Crippen LogP contribution in [0.3, 0.4) is 0 Å². The van der Waals surface area contributed by atoms with Gasteiger partial charge in [-0.15, -0.1) is 41.3 Å². The van der Waals surface area contributed by atoms with Crippen LogP contribution < -0.4 is 4.74 Å². The predicted molar refractivity (Wildman–Crippen MR) is 216 cm³/mol. The molecule has 4 aromatic carbocycles. The van der Waals surface area contributed by atoms with Gasteiger partial charge in [0.05, 0.1) is 11.4 Å². The van der Waals surface area contributed by atoms with E-state index in [2.05, 4.69) is 171 Å². The van der Waals surface area contributed by atoms with Gasteiger partial charge in [0.2, 0.25) is 0 Å². The van der Waals surface area contributed by atoms with Gasteiger partial charge in [-0.2, -0.15) is 11.2 Å². The first kappa shape index (κ1) is 38.2. The SMILES string of the molecule is Cc1cc(C)c(-c2c(C)nn(-c3[c-]c(Oc4[c-]c5c(cc4)c4ccccc4n5-c4cc(C(C)C)ccn4)cc(C(C)(C)C)c3)c2C(C)(C)C)c(C)c1.[Pd+2]. The second-order valence-corrected chi connectivity index (χ2v) is 16.8. The average Bonchev–Trinajstić information content (AvgIpc) is 3.58. The van der Waals surface area contributed by atoms with Crippen molar-refractivity contribution >= 4 is 21.8 Å². The van der Waals surface area contributed by atoms with Gasteiger partial charge in [0.25, 0.3) is 0 Å². The van der Waals surface area contributed by atoms with Crippen LogP contribution >= 0.6 is 0 Å². The minimum absolute atomic E-state index is 0. The summed E-state index contributed by atoms with van der Waals surface area (Å²) < 4.78 is 11.0. The fourth-order valence-corrected chi connectivity index (χ4v) is 7.60. The van der Waals surface area contributed by atoms with Crippen molar-refractivity contribution in [1.29, 1.82) is 0 Å². The van der Waals surface area contributed by atoms with Gasteiger partial charge in [0.15, 0.2) is 0 Å². The first-order chi connectivity index (χ1) is 24.5. The van der Waals surface area contributed by atoms with Crippen LogP contribution in [0.25, 0.3) is 44.4 Å². The van der Waals surface area contributed by atoms with Crippen molar-refractivity contribution < 1.29 is 25.2 Å². The van der Waals surface area contributed by atoms with Crippen molar-refractivity contribution in [2.75, 3.05) is 0 Å². The molecule has 6 heteroatoms. The van der Waals surface area contributed by atoms with Crippen LogP contribution in [0.5, 0.6) is 11.5 Å². The van der Waals surface area contributed by atoms with E-state index in [4.69, 9.17) is 14.8 Å². The molecule has 274 valence electrons. The molecule has 0 bridgehead atoms. The molecule has 7 rings (SSSR count). The Hall–Kier alpha value is -4.50. The number of para-hydroxylation sites is 1. The molecule has 0 spiro atoms. The molecule has 0 saturated heterocycles. The molecule has 7 aromatic rings. The second-order valence-electron chi connectivity index (χ2n) is 16.8. The largest absolute Gasteiger partial charge is 2.00 e. The fourth-order valence-electron chi connectivity index (χ4n) is 7.60. The summed E-state index contributed by atoms with van der Waals surface area (Å²) in [7, 11) is 0. The maximum Gasteiger partial charge on any atom is 2.00 e. The number of ether oxygens (including phenoxy) is 1. The van der Waals surface area contributed by atoms with Crippen LogP contribution in [0, 0.1) is 39.8 Å². The predicted octanol–water partition coefficient (Wildman–Crippen LogP) is 12.4. The van der Waals surface area contributed by atoms with Gasteiger partial charge < -0.3 is 9.30 Å². The van der Waals surface area contributed by atoms with Gasteiger partial charge in [-0.1, -0.05) is 96.8 Å². The van der Waals surface area contributed by atoms with E-state index >= 15 is 0 Å². The van der Waals surface area contributed by atoms with Crippen LogP contribution in [0.4, 0.5) is 0 Å². The number of hydrogen-bond donors (Lipinski definition) is 0. The molecule has 0 aliphatic heterocycles. The van der Waals surface area contributed by atoms with E-state index in [0.717, 1.165) is 50.3 Å². The Morgan fingerprint density at radius 1 is 0.717 bits per heavy atom. The first-order valence-corrected chi connectivity index (χ1v) is 18.4. The number of benzene rings is 4. The average molecular weight is 793 g/mol. The zero-order valence-corrected chi connectivity index (χ0v) is 34.7. The fraction of sp³-hybridized carbons (Fsp3) is 0.319. The molecule has 0 saturated carbocycles. The standard InChI is InChI=1S/C47H50N4O.Pd/c1-28(2)33-19-20-48-42(23-33)50-40-16-14-13-15-38(40)39-18-17-36(27-41(39)50)52-37-25-34(46(7,8)9)24-35(26-37)51-45(47(10,11)12)44(32(6)49-51)43-30(4)21-29(3)22-31(43)5;/h13-25,28H,1-12H3;/q-2;+2. The second kappa shape index (κ2) is 14.1. The molecule has 0 radical (unpaired) electrons. The molecule has 3 aromatic heterocycles. The van der Waals surface area contributed by atoms with E-state index in [0.29, 0.717) is 17.4 Å². The third-order valence-electron chi connectivity index (χ3n) is 10.1.